The molecule has 0 amide bonds. The Morgan fingerprint density at radius 2 is 1.84 bits per heavy atom. The Kier molecular flexibility index (Phi) is 8.79. The summed E-state index contributed by atoms with van der Waals surface area (Å²) in [5.41, 5.74) is 8.60. The molecule has 2 heterocycles. The van der Waals surface area contributed by atoms with Gasteiger partial charge in [-0.05, 0) is 62.7 Å². The summed E-state index contributed by atoms with van der Waals surface area (Å²) in [5, 5.41) is 6.87. The Morgan fingerprint density at radius 1 is 1.08 bits per heavy atom. The number of nitrogens with zero attached hydrogens (tertiary/aromatic N) is 4. The first-order valence-electron chi connectivity index (χ1n) is 13.4. The van der Waals surface area contributed by atoms with E-state index < -0.39 is 0 Å². The summed E-state index contributed by atoms with van der Waals surface area (Å²) in [6.45, 7) is 10.5. The number of nitrogens with one attached hydrogen (secondary N) is 2. The SMILES string of the molecule is C\C=C1/C(=N\C(Nc2ccc(N3CCN(C)CC3)cc2OC)=C(/C)CC)C(c2cccc(NC)c2)=CN1C. The smallest absolute Gasteiger partial charge is 0.144 e. The molecule has 4 rings (SSSR count). The van der Waals surface area contributed by atoms with Crippen LogP contribution in [-0.2, 0) is 0 Å². The molecule has 0 unspecified atom stereocenters. The molecule has 0 spiro atoms. The number of ether oxygens (including phenoxy) is 1. The second-order valence-electron chi connectivity index (χ2n) is 9.90. The molecule has 2 aromatic carbocycles. The molecule has 2 aliphatic heterocycles. The van der Waals surface area contributed by atoms with Crippen LogP contribution in [0.1, 0.15) is 32.8 Å². The largest absolute Gasteiger partial charge is 0.494 e. The summed E-state index contributed by atoms with van der Waals surface area (Å²) in [5.74, 6) is 1.66. The molecule has 1 saturated heterocycles. The molecule has 38 heavy (non-hydrogen) atoms. The molecule has 7 heteroatoms. The standard InChI is InChI=1S/C31H42N6O/c1-8-22(3)31(33-27-14-13-25(20-29(27)38-7)37-17-15-35(5)16-18-37)34-30-26(21-36(6)28(30)9-2)23-11-10-12-24(19-23)32-4/h9-14,19-21,32-33H,8,15-18H2,1-7H3/b28-9+,31-22+,34-30-. The lowest BCUT2D eigenvalue weighted by atomic mass is 10.0. The van der Waals surface area contributed by atoms with Crippen LogP contribution in [0.15, 0.2) is 76.8 Å². The van der Waals surface area contributed by atoms with E-state index in [1.54, 1.807) is 7.11 Å². The van der Waals surface area contributed by atoms with Crippen LogP contribution in [0.3, 0.4) is 0 Å². The van der Waals surface area contributed by atoms with E-state index >= 15 is 0 Å². The van der Waals surface area contributed by atoms with Crippen LogP contribution in [0.2, 0.25) is 0 Å². The first-order valence-corrected chi connectivity index (χ1v) is 13.4. The summed E-state index contributed by atoms with van der Waals surface area (Å²) >= 11 is 0. The van der Waals surface area contributed by atoms with Gasteiger partial charge in [0.25, 0.3) is 0 Å². The van der Waals surface area contributed by atoms with Gasteiger partial charge in [-0.3, -0.25) is 0 Å². The number of aliphatic imine (C=N–C) groups is 1. The van der Waals surface area contributed by atoms with Crippen molar-refractivity contribution < 1.29 is 4.74 Å². The number of rotatable bonds is 8. The molecule has 2 N–H and O–H groups in total. The molecule has 2 aromatic rings. The van der Waals surface area contributed by atoms with E-state index in [0.717, 1.165) is 78.1 Å². The van der Waals surface area contributed by atoms with Crippen molar-refractivity contribution in [1.82, 2.24) is 9.80 Å². The molecule has 0 aliphatic carbocycles. The molecule has 2 aliphatic rings. The molecular formula is C31H42N6O. The molecular weight excluding hydrogens is 472 g/mol. The van der Waals surface area contributed by atoms with Crippen molar-refractivity contribution in [2.24, 2.45) is 4.99 Å². The maximum absolute atomic E-state index is 5.85. The number of hydrogen-bond donors (Lipinski definition) is 2. The third-order valence-corrected chi connectivity index (χ3v) is 7.40. The van der Waals surface area contributed by atoms with Crippen molar-refractivity contribution >= 4 is 28.3 Å². The van der Waals surface area contributed by atoms with Gasteiger partial charge < -0.3 is 30.1 Å². The second kappa shape index (κ2) is 12.2. The van der Waals surface area contributed by atoms with E-state index in [1.807, 2.05) is 7.05 Å². The summed E-state index contributed by atoms with van der Waals surface area (Å²) in [7, 11) is 7.92. The molecule has 0 bridgehead atoms. The lowest BCUT2D eigenvalue weighted by Crippen LogP contribution is -2.44. The van der Waals surface area contributed by atoms with Crippen LogP contribution < -0.4 is 20.3 Å². The van der Waals surface area contributed by atoms with Crippen molar-refractivity contribution in [3.05, 3.63) is 77.4 Å². The Morgan fingerprint density at radius 3 is 2.50 bits per heavy atom. The van der Waals surface area contributed by atoms with Crippen molar-refractivity contribution in [2.75, 3.05) is 70.0 Å². The Balaban J connectivity index is 1.70. The maximum atomic E-state index is 5.85. The third-order valence-electron chi connectivity index (χ3n) is 7.40. The summed E-state index contributed by atoms with van der Waals surface area (Å²) < 4.78 is 5.85. The van der Waals surface area contributed by atoms with Gasteiger partial charge in [0.05, 0.1) is 24.2 Å². The second-order valence-corrected chi connectivity index (χ2v) is 9.90. The lowest BCUT2D eigenvalue weighted by molar-refractivity contribution is 0.312. The number of piperazine rings is 1. The van der Waals surface area contributed by atoms with Crippen LogP contribution in [0.5, 0.6) is 5.75 Å². The minimum atomic E-state index is 0.815. The van der Waals surface area contributed by atoms with Gasteiger partial charge in [-0.2, -0.15) is 0 Å². The number of likely N-dealkylation sites (N-methyl/N-ethyl adjacent to an activating group) is 1. The van der Waals surface area contributed by atoms with Crippen molar-refractivity contribution in [3.63, 3.8) is 0 Å². The average Bonchev–Trinajstić information content (AvgIpc) is 3.27. The maximum Gasteiger partial charge on any atom is 0.144 e. The number of anilines is 3. The first-order chi connectivity index (χ1) is 18.4. The molecule has 0 saturated carbocycles. The van der Waals surface area contributed by atoms with Gasteiger partial charge in [0.2, 0.25) is 0 Å². The predicted octanol–water partition coefficient (Wildman–Crippen LogP) is 5.87. The fraction of sp³-hybridized carbons (Fsp3) is 0.387. The number of allylic oxidation sites excluding steroid dienone is 3. The monoisotopic (exact) mass is 514 g/mol. The number of benzene rings is 2. The Labute approximate surface area is 228 Å². The van der Waals surface area contributed by atoms with Crippen molar-refractivity contribution in [2.45, 2.75) is 27.2 Å². The van der Waals surface area contributed by atoms with Crippen LogP contribution in [-0.4, -0.2) is 69.9 Å². The molecule has 1 fully saturated rings. The van der Waals surface area contributed by atoms with Gasteiger partial charge in [0.15, 0.2) is 0 Å². The normalized spacial score (nSPS) is 19.1. The average molecular weight is 515 g/mol. The summed E-state index contributed by atoms with van der Waals surface area (Å²) in [6.07, 6.45) is 5.16. The highest BCUT2D eigenvalue weighted by atomic mass is 16.5. The Bertz CT molecular complexity index is 1270. The Hall–Kier alpha value is -3.71. The van der Waals surface area contributed by atoms with E-state index in [-0.39, 0.29) is 0 Å². The van der Waals surface area contributed by atoms with Gasteiger partial charge in [0, 0.05) is 69.5 Å². The van der Waals surface area contributed by atoms with Gasteiger partial charge in [-0.1, -0.05) is 25.1 Å². The molecule has 0 aromatic heterocycles. The van der Waals surface area contributed by atoms with E-state index in [9.17, 15) is 0 Å². The molecule has 0 atom stereocenters. The summed E-state index contributed by atoms with van der Waals surface area (Å²) in [6, 6.07) is 14.9. The zero-order valence-corrected chi connectivity index (χ0v) is 23.9. The molecule has 0 radical (unpaired) electrons. The fourth-order valence-electron chi connectivity index (χ4n) is 4.82. The minimum Gasteiger partial charge on any atom is -0.494 e. The zero-order valence-electron chi connectivity index (χ0n) is 23.9. The fourth-order valence-corrected chi connectivity index (χ4v) is 4.82. The first kappa shape index (κ1) is 27.3. The van der Waals surface area contributed by atoms with E-state index in [0.29, 0.717) is 0 Å². The highest BCUT2D eigenvalue weighted by Crippen LogP contribution is 2.35. The van der Waals surface area contributed by atoms with Crippen molar-refractivity contribution in [1.29, 1.82) is 0 Å². The summed E-state index contributed by atoms with van der Waals surface area (Å²) in [4.78, 5) is 12.2. The van der Waals surface area contributed by atoms with Gasteiger partial charge in [0.1, 0.15) is 11.6 Å². The minimum absolute atomic E-state index is 0.815. The third kappa shape index (κ3) is 5.89. The van der Waals surface area contributed by atoms with Crippen LogP contribution in [0.25, 0.3) is 5.57 Å². The van der Waals surface area contributed by atoms with Crippen LogP contribution >= 0.6 is 0 Å². The van der Waals surface area contributed by atoms with Gasteiger partial charge >= 0.3 is 0 Å². The van der Waals surface area contributed by atoms with Crippen molar-refractivity contribution in [3.8, 4) is 5.75 Å². The van der Waals surface area contributed by atoms with E-state index in [1.165, 1.54) is 11.3 Å². The van der Waals surface area contributed by atoms with Gasteiger partial charge in [-0.25, -0.2) is 4.99 Å². The molecule has 7 nitrogen and oxygen atoms in total. The predicted molar refractivity (Wildman–Crippen MR) is 162 cm³/mol. The van der Waals surface area contributed by atoms with Crippen LogP contribution in [0, 0.1) is 0 Å². The quantitative estimate of drug-likeness (QED) is 0.459. The molecule has 202 valence electrons. The van der Waals surface area contributed by atoms with Crippen LogP contribution in [0.4, 0.5) is 17.1 Å². The van der Waals surface area contributed by atoms with Gasteiger partial charge in [-0.15, -0.1) is 0 Å². The number of hydrogen-bond acceptors (Lipinski definition) is 7. The van der Waals surface area contributed by atoms with E-state index in [4.69, 9.17) is 9.73 Å². The highest BCUT2D eigenvalue weighted by Gasteiger charge is 2.25. The number of methoxy groups -OCH3 is 1. The van der Waals surface area contributed by atoms with E-state index in [2.05, 4.69) is 115 Å². The topological polar surface area (TPSA) is 55.4 Å². The lowest BCUT2D eigenvalue weighted by Gasteiger charge is -2.34. The highest BCUT2D eigenvalue weighted by molar-refractivity contribution is 6.33. The zero-order chi connectivity index (χ0) is 27.2.